The van der Waals surface area contributed by atoms with Crippen molar-refractivity contribution >= 4 is 44.9 Å². The molecule has 0 unspecified atom stereocenters. The van der Waals surface area contributed by atoms with E-state index in [4.69, 9.17) is 0 Å². The second-order valence-electron chi connectivity index (χ2n) is 9.93. The zero-order valence-corrected chi connectivity index (χ0v) is 22.1. The Morgan fingerprint density at radius 1 is 0.475 bits per heavy atom. The molecule has 0 aliphatic rings. The van der Waals surface area contributed by atoms with E-state index in [-0.39, 0.29) is 0 Å². The predicted octanol–water partition coefficient (Wildman–Crippen LogP) is 10.6. The lowest BCUT2D eigenvalue weighted by Gasteiger charge is -2.25. The minimum atomic E-state index is 1.12. The van der Waals surface area contributed by atoms with Crippen LogP contribution in [-0.4, -0.2) is 4.57 Å². The van der Waals surface area contributed by atoms with E-state index in [2.05, 4.69) is 168 Å². The maximum Gasteiger partial charge on any atom is 0.0541 e. The Morgan fingerprint density at radius 3 is 1.68 bits per heavy atom. The Labute approximate surface area is 234 Å². The van der Waals surface area contributed by atoms with Gasteiger partial charge in [-0.15, -0.1) is 0 Å². The lowest BCUT2D eigenvalue weighted by molar-refractivity contribution is 1.18. The van der Waals surface area contributed by atoms with Crippen molar-refractivity contribution in [2.24, 2.45) is 0 Å². The molecule has 0 N–H and O–H groups in total. The molecule has 0 spiro atoms. The first kappa shape index (κ1) is 23.8. The average molecular weight is 513 g/mol. The van der Waals surface area contributed by atoms with Crippen LogP contribution in [0, 0.1) is 0 Å². The van der Waals surface area contributed by atoms with Gasteiger partial charge in [0.25, 0.3) is 0 Å². The van der Waals surface area contributed by atoms with Gasteiger partial charge in [0, 0.05) is 33.5 Å². The summed E-state index contributed by atoms with van der Waals surface area (Å²) in [6, 6.07) is 53.9. The van der Waals surface area contributed by atoms with Crippen LogP contribution in [0.25, 0.3) is 44.7 Å². The monoisotopic (exact) mass is 512 g/mol. The first-order chi connectivity index (χ1) is 19.8. The number of para-hydroxylation sites is 3. The largest absolute Gasteiger partial charge is 0.311 e. The second-order valence-corrected chi connectivity index (χ2v) is 9.93. The van der Waals surface area contributed by atoms with Gasteiger partial charge in [-0.3, -0.25) is 0 Å². The number of hydrogen-bond donors (Lipinski definition) is 0. The summed E-state index contributed by atoms with van der Waals surface area (Å²) in [6.07, 6.45) is 1.88. The van der Waals surface area contributed by atoms with Gasteiger partial charge in [-0.1, -0.05) is 97.6 Å². The third-order valence-electron chi connectivity index (χ3n) is 7.55. The van der Waals surface area contributed by atoms with Crippen LogP contribution in [0.3, 0.4) is 0 Å². The Balaban J connectivity index is 1.31. The highest BCUT2D eigenvalue weighted by molar-refractivity contribution is 6.10. The molecule has 1 heterocycles. The summed E-state index contributed by atoms with van der Waals surface area (Å²) in [7, 11) is 0. The summed E-state index contributed by atoms with van der Waals surface area (Å²) >= 11 is 0. The fourth-order valence-electron chi connectivity index (χ4n) is 5.59. The van der Waals surface area contributed by atoms with Gasteiger partial charge in [0.05, 0.1) is 11.0 Å². The van der Waals surface area contributed by atoms with Crippen LogP contribution in [0.15, 0.2) is 158 Å². The van der Waals surface area contributed by atoms with Crippen molar-refractivity contribution in [1.29, 1.82) is 0 Å². The maximum absolute atomic E-state index is 3.90. The molecule has 0 aliphatic carbocycles. The number of rotatable bonds is 6. The minimum absolute atomic E-state index is 1.12. The van der Waals surface area contributed by atoms with Crippen molar-refractivity contribution in [3.8, 4) is 16.8 Å². The van der Waals surface area contributed by atoms with Crippen molar-refractivity contribution < 1.29 is 0 Å². The molecule has 7 aromatic rings. The summed E-state index contributed by atoms with van der Waals surface area (Å²) in [5.74, 6) is 0. The standard InChI is InChI=1S/C38H28N2/c1-2-28-17-22-34(23-18-28)40-37-16-10-9-15-35(37)36-27-30(21-26-38(36)40)29-19-24-33(25-20-29)39(31-11-5-3-6-12-31)32-13-7-4-8-14-32/h2-27H,1H2. The van der Waals surface area contributed by atoms with E-state index in [0.29, 0.717) is 0 Å². The van der Waals surface area contributed by atoms with Crippen molar-refractivity contribution in [3.63, 3.8) is 0 Å². The average Bonchev–Trinajstić information content (AvgIpc) is 3.36. The first-order valence-corrected chi connectivity index (χ1v) is 13.6. The number of anilines is 3. The zero-order chi connectivity index (χ0) is 26.9. The highest BCUT2D eigenvalue weighted by Crippen LogP contribution is 2.37. The van der Waals surface area contributed by atoms with Gasteiger partial charge >= 0.3 is 0 Å². The normalized spacial score (nSPS) is 11.1. The number of benzene rings is 6. The predicted molar refractivity (Wildman–Crippen MR) is 171 cm³/mol. The van der Waals surface area contributed by atoms with Gasteiger partial charge in [-0.25, -0.2) is 0 Å². The van der Waals surface area contributed by atoms with E-state index >= 15 is 0 Å². The van der Waals surface area contributed by atoms with Crippen LogP contribution in [0.4, 0.5) is 17.1 Å². The van der Waals surface area contributed by atoms with Gasteiger partial charge in [0.2, 0.25) is 0 Å². The van der Waals surface area contributed by atoms with Gasteiger partial charge in [-0.2, -0.15) is 0 Å². The number of fused-ring (bicyclic) bond motifs is 3. The number of hydrogen-bond acceptors (Lipinski definition) is 1. The molecule has 0 bridgehead atoms. The molecule has 2 nitrogen and oxygen atoms in total. The summed E-state index contributed by atoms with van der Waals surface area (Å²) in [4.78, 5) is 2.29. The Hall–Kier alpha value is -5.34. The molecule has 0 saturated heterocycles. The van der Waals surface area contributed by atoms with E-state index < -0.39 is 0 Å². The fourth-order valence-corrected chi connectivity index (χ4v) is 5.59. The van der Waals surface area contributed by atoms with E-state index in [1.165, 1.54) is 32.9 Å². The van der Waals surface area contributed by atoms with Crippen LogP contribution in [0.5, 0.6) is 0 Å². The molecule has 6 aromatic carbocycles. The van der Waals surface area contributed by atoms with Crippen LogP contribution in [-0.2, 0) is 0 Å². The summed E-state index contributed by atoms with van der Waals surface area (Å²) < 4.78 is 2.35. The van der Waals surface area contributed by atoms with Crippen molar-refractivity contribution in [1.82, 2.24) is 4.57 Å². The number of aromatic nitrogens is 1. The highest BCUT2D eigenvalue weighted by atomic mass is 15.1. The molecule has 7 rings (SSSR count). The van der Waals surface area contributed by atoms with Gasteiger partial charge in [-0.05, 0) is 83.4 Å². The molecule has 0 saturated carbocycles. The molecule has 190 valence electrons. The van der Waals surface area contributed by atoms with Crippen LogP contribution in [0.1, 0.15) is 5.56 Å². The third-order valence-corrected chi connectivity index (χ3v) is 7.55. The molecule has 2 heteroatoms. The molecule has 1 aromatic heterocycles. The Morgan fingerprint density at radius 2 is 1.02 bits per heavy atom. The van der Waals surface area contributed by atoms with E-state index in [0.717, 1.165) is 28.3 Å². The molecule has 0 fully saturated rings. The van der Waals surface area contributed by atoms with Crippen LogP contribution >= 0.6 is 0 Å². The van der Waals surface area contributed by atoms with Gasteiger partial charge in [0.1, 0.15) is 0 Å². The molecular weight excluding hydrogens is 484 g/mol. The molecule has 40 heavy (non-hydrogen) atoms. The van der Waals surface area contributed by atoms with Crippen LogP contribution < -0.4 is 4.90 Å². The van der Waals surface area contributed by atoms with Gasteiger partial charge < -0.3 is 9.47 Å². The molecular formula is C38H28N2. The Kier molecular flexibility index (Phi) is 5.99. The zero-order valence-electron chi connectivity index (χ0n) is 22.1. The minimum Gasteiger partial charge on any atom is -0.311 e. The molecule has 0 aliphatic heterocycles. The molecule has 0 radical (unpaired) electrons. The third kappa shape index (κ3) is 4.16. The maximum atomic E-state index is 3.90. The Bertz CT molecular complexity index is 1890. The topological polar surface area (TPSA) is 8.17 Å². The summed E-state index contributed by atoms with van der Waals surface area (Å²) in [6.45, 7) is 3.90. The van der Waals surface area contributed by atoms with Crippen molar-refractivity contribution in [2.45, 2.75) is 0 Å². The van der Waals surface area contributed by atoms with Crippen molar-refractivity contribution in [2.75, 3.05) is 4.90 Å². The number of nitrogens with zero attached hydrogens (tertiary/aromatic N) is 2. The van der Waals surface area contributed by atoms with E-state index in [1.54, 1.807) is 0 Å². The lowest BCUT2D eigenvalue weighted by Crippen LogP contribution is -2.09. The van der Waals surface area contributed by atoms with E-state index in [9.17, 15) is 0 Å². The quantitative estimate of drug-likeness (QED) is 0.215. The lowest BCUT2D eigenvalue weighted by atomic mass is 10.0. The summed E-state index contributed by atoms with van der Waals surface area (Å²) in [5.41, 5.74) is 10.5. The van der Waals surface area contributed by atoms with Crippen LogP contribution in [0.2, 0.25) is 0 Å². The van der Waals surface area contributed by atoms with Crippen molar-refractivity contribution in [3.05, 3.63) is 164 Å². The fraction of sp³-hybridized carbons (Fsp3) is 0. The highest BCUT2D eigenvalue weighted by Gasteiger charge is 2.15. The first-order valence-electron chi connectivity index (χ1n) is 13.6. The summed E-state index contributed by atoms with van der Waals surface area (Å²) in [5, 5.41) is 2.50. The molecule has 0 atom stereocenters. The second kappa shape index (κ2) is 10.1. The smallest absolute Gasteiger partial charge is 0.0541 e. The van der Waals surface area contributed by atoms with E-state index in [1.807, 2.05) is 6.08 Å². The van der Waals surface area contributed by atoms with Gasteiger partial charge in [0.15, 0.2) is 0 Å². The SMILES string of the molecule is C=Cc1ccc(-n2c3ccccc3c3cc(-c4ccc(N(c5ccccc5)c5ccccc5)cc4)ccc32)cc1. The molecule has 0 amide bonds.